The van der Waals surface area contributed by atoms with E-state index in [0.717, 1.165) is 23.4 Å². The van der Waals surface area contributed by atoms with Gasteiger partial charge in [-0.05, 0) is 43.2 Å². The molecule has 0 atom stereocenters. The summed E-state index contributed by atoms with van der Waals surface area (Å²) in [6.45, 7) is 3.39. The largest absolute Gasteiger partial charge is 0.484 e. The fourth-order valence-corrected chi connectivity index (χ4v) is 2.07. The minimum atomic E-state index is -1.03. The number of carbonyl (C=O) groups excluding carboxylic acids is 1. The van der Waals surface area contributed by atoms with Crippen LogP contribution in [0, 0.1) is 25.5 Å². The number of aryl methyl sites for hydroxylation is 2. The second kappa shape index (κ2) is 7.88. The average molecular weight is 353 g/mol. The van der Waals surface area contributed by atoms with Gasteiger partial charge in [0, 0.05) is 10.6 Å². The molecule has 0 aliphatic rings. The standard InChI is InChI=1S/C17H15ClF2N2O2/c1-10-6-13(7-11(2)16(10)18)24-9-15(23)22-21-8-12-4-3-5-14(19)17(12)20/h3-8H,9H2,1-2H3,(H,22,23). The smallest absolute Gasteiger partial charge is 0.277 e. The van der Waals surface area contributed by atoms with E-state index < -0.39 is 17.5 Å². The first kappa shape index (κ1) is 17.9. The molecule has 1 N–H and O–H groups in total. The molecule has 2 aromatic carbocycles. The lowest BCUT2D eigenvalue weighted by Crippen LogP contribution is -2.24. The molecule has 7 heteroatoms. The predicted octanol–water partition coefficient (Wildman–Crippen LogP) is 3.76. The lowest BCUT2D eigenvalue weighted by Gasteiger charge is -2.09. The molecule has 126 valence electrons. The summed E-state index contributed by atoms with van der Waals surface area (Å²) < 4.78 is 31.8. The van der Waals surface area contributed by atoms with Gasteiger partial charge in [0.15, 0.2) is 18.2 Å². The molecule has 0 aromatic heterocycles. The van der Waals surface area contributed by atoms with Crippen LogP contribution in [0.1, 0.15) is 16.7 Å². The molecule has 0 aliphatic carbocycles. The number of rotatable bonds is 5. The van der Waals surface area contributed by atoms with E-state index in [0.29, 0.717) is 10.8 Å². The molecule has 0 radical (unpaired) electrons. The highest BCUT2D eigenvalue weighted by Gasteiger charge is 2.07. The number of hydrogen-bond acceptors (Lipinski definition) is 3. The van der Waals surface area contributed by atoms with Crippen molar-refractivity contribution < 1.29 is 18.3 Å². The molecule has 4 nitrogen and oxygen atoms in total. The van der Waals surface area contributed by atoms with Gasteiger partial charge < -0.3 is 4.74 Å². The van der Waals surface area contributed by atoms with Crippen molar-refractivity contribution in [2.45, 2.75) is 13.8 Å². The van der Waals surface area contributed by atoms with Crippen molar-refractivity contribution in [3.8, 4) is 5.75 Å². The zero-order valence-electron chi connectivity index (χ0n) is 13.1. The van der Waals surface area contributed by atoms with E-state index in [9.17, 15) is 13.6 Å². The van der Waals surface area contributed by atoms with Gasteiger partial charge in [0.25, 0.3) is 5.91 Å². The number of halogens is 3. The summed E-state index contributed by atoms with van der Waals surface area (Å²) in [6.07, 6.45) is 1.02. The third-order valence-corrected chi connectivity index (χ3v) is 3.75. The Morgan fingerprint density at radius 3 is 2.62 bits per heavy atom. The van der Waals surface area contributed by atoms with Crippen molar-refractivity contribution in [2.24, 2.45) is 5.10 Å². The maximum Gasteiger partial charge on any atom is 0.277 e. The van der Waals surface area contributed by atoms with Crippen molar-refractivity contribution in [3.63, 3.8) is 0 Å². The number of benzene rings is 2. The molecule has 2 aromatic rings. The predicted molar refractivity (Wildman–Crippen MR) is 88.5 cm³/mol. The summed E-state index contributed by atoms with van der Waals surface area (Å²) in [5.74, 6) is -2.04. The first-order valence-electron chi connectivity index (χ1n) is 7.04. The van der Waals surface area contributed by atoms with Gasteiger partial charge in [-0.25, -0.2) is 14.2 Å². The van der Waals surface area contributed by atoms with Crippen LogP contribution in [0.2, 0.25) is 5.02 Å². The highest BCUT2D eigenvalue weighted by Crippen LogP contribution is 2.25. The Hall–Kier alpha value is -2.47. The van der Waals surface area contributed by atoms with Crippen LogP contribution in [0.15, 0.2) is 35.4 Å². The van der Waals surface area contributed by atoms with Gasteiger partial charge in [-0.1, -0.05) is 23.7 Å². The van der Waals surface area contributed by atoms with E-state index in [-0.39, 0.29) is 12.2 Å². The number of carbonyl (C=O) groups is 1. The molecule has 2 rings (SSSR count). The summed E-state index contributed by atoms with van der Waals surface area (Å²) in [6, 6.07) is 7.11. The van der Waals surface area contributed by atoms with Crippen molar-refractivity contribution in [1.29, 1.82) is 0 Å². The Balaban J connectivity index is 1.90. The van der Waals surface area contributed by atoms with Crippen LogP contribution in [0.3, 0.4) is 0 Å². The maximum absolute atomic E-state index is 13.4. The second-order valence-corrected chi connectivity index (χ2v) is 5.47. The van der Waals surface area contributed by atoms with Gasteiger partial charge in [0.05, 0.1) is 6.21 Å². The van der Waals surface area contributed by atoms with Crippen molar-refractivity contribution in [3.05, 3.63) is 63.7 Å². The van der Waals surface area contributed by atoms with E-state index in [4.69, 9.17) is 16.3 Å². The van der Waals surface area contributed by atoms with Gasteiger partial charge in [-0.15, -0.1) is 0 Å². The maximum atomic E-state index is 13.4. The van der Waals surface area contributed by atoms with Crippen LogP contribution in [0.4, 0.5) is 8.78 Å². The molecule has 0 saturated carbocycles. The third kappa shape index (κ3) is 4.52. The number of nitrogens with one attached hydrogen (secondary N) is 1. The van der Waals surface area contributed by atoms with Crippen LogP contribution < -0.4 is 10.2 Å². The monoisotopic (exact) mass is 352 g/mol. The van der Waals surface area contributed by atoms with Gasteiger partial charge in [0.2, 0.25) is 0 Å². The first-order chi connectivity index (χ1) is 11.4. The van der Waals surface area contributed by atoms with Crippen molar-refractivity contribution in [2.75, 3.05) is 6.61 Å². The number of hydrazone groups is 1. The van der Waals surface area contributed by atoms with Crippen LogP contribution in [-0.4, -0.2) is 18.7 Å². The van der Waals surface area contributed by atoms with Crippen LogP contribution in [-0.2, 0) is 4.79 Å². The molecular weight excluding hydrogens is 338 g/mol. The fourth-order valence-electron chi connectivity index (χ4n) is 1.96. The van der Waals surface area contributed by atoms with Crippen molar-refractivity contribution >= 4 is 23.7 Å². The highest BCUT2D eigenvalue weighted by atomic mass is 35.5. The Kier molecular flexibility index (Phi) is 5.87. The normalized spacial score (nSPS) is 10.9. The average Bonchev–Trinajstić information content (AvgIpc) is 2.54. The summed E-state index contributed by atoms with van der Waals surface area (Å²) in [5.41, 5.74) is 3.79. The molecule has 0 aliphatic heterocycles. The molecule has 0 fully saturated rings. The van der Waals surface area contributed by atoms with E-state index >= 15 is 0 Å². The highest BCUT2D eigenvalue weighted by molar-refractivity contribution is 6.32. The number of nitrogens with zero attached hydrogens (tertiary/aromatic N) is 1. The molecular formula is C17H15ClF2N2O2. The number of ether oxygens (including phenoxy) is 1. The van der Waals surface area contributed by atoms with E-state index in [2.05, 4.69) is 10.5 Å². The minimum Gasteiger partial charge on any atom is -0.484 e. The zero-order valence-corrected chi connectivity index (χ0v) is 13.8. The number of hydrogen-bond donors (Lipinski definition) is 1. The SMILES string of the molecule is Cc1cc(OCC(=O)NN=Cc2cccc(F)c2F)cc(C)c1Cl. The van der Waals surface area contributed by atoms with Crippen molar-refractivity contribution in [1.82, 2.24) is 5.43 Å². The minimum absolute atomic E-state index is 0.0693. The van der Waals surface area contributed by atoms with E-state index in [1.54, 1.807) is 12.1 Å². The second-order valence-electron chi connectivity index (χ2n) is 5.10. The first-order valence-corrected chi connectivity index (χ1v) is 7.41. The van der Waals surface area contributed by atoms with Gasteiger partial charge in [0.1, 0.15) is 5.75 Å². The molecule has 0 heterocycles. The Labute approximate surface area is 143 Å². The van der Waals surface area contributed by atoms with E-state index in [1.807, 2.05) is 13.8 Å². The molecule has 0 spiro atoms. The fraction of sp³-hybridized carbons (Fsp3) is 0.176. The van der Waals surface area contributed by atoms with Gasteiger partial charge in [-0.2, -0.15) is 5.10 Å². The Morgan fingerprint density at radius 1 is 1.29 bits per heavy atom. The molecule has 0 unspecified atom stereocenters. The summed E-state index contributed by atoms with van der Waals surface area (Å²) in [4.78, 5) is 11.7. The molecule has 0 saturated heterocycles. The topological polar surface area (TPSA) is 50.7 Å². The molecule has 24 heavy (non-hydrogen) atoms. The lowest BCUT2D eigenvalue weighted by atomic mass is 10.1. The Bertz CT molecular complexity index is 771. The molecule has 0 bridgehead atoms. The lowest BCUT2D eigenvalue weighted by molar-refractivity contribution is -0.123. The molecule has 1 amide bonds. The van der Waals surface area contributed by atoms with Crippen LogP contribution in [0.5, 0.6) is 5.75 Å². The van der Waals surface area contributed by atoms with Gasteiger partial charge >= 0.3 is 0 Å². The van der Waals surface area contributed by atoms with Gasteiger partial charge in [-0.3, -0.25) is 4.79 Å². The summed E-state index contributed by atoms with van der Waals surface area (Å²) >= 11 is 6.05. The quantitative estimate of drug-likeness (QED) is 0.658. The van der Waals surface area contributed by atoms with Crippen LogP contribution in [0.25, 0.3) is 0 Å². The van der Waals surface area contributed by atoms with Crippen LogP contribution >= 0.6 is 11.6 Å². The Morgan fingerprint density at radius 2 is 1.96 bits per heavy atom. The van der Waals surface area contributed by atoms with E-state index in [1.165, 1.54) is 12.1 Å². The summed E-state index contributed by atoms with van der Waals surface area (Å²) in [5, 5.41) is 4.22. The zero-order chi connectivity index (χ0) is 17.7. The third-order valence-electron chi connectivity index (χ3n) is 3.15. The summed E-state index contributed by atoms with van der Waals surface area (Å²) in [7, 11) is 0. The number of amides is 1.